The van der Waals surface area contributed by atoms with Gasteiger partial charge in [0.25, 0.3) is 5.91 Å². The Bertz CT molecular complexity index is 761. The SMILES string of the molecule is C=CCN1C(=O)C(=Cc2ccc(O)c(OC)c2)C(C(=O)OC)=C1C. The van der Waals surface area contributed by atoms with E-state index in [0.717, 1.165) is 0 Å². The Morgan fingerprint density at radius 2 is 2.08 bits per heavy atom. The van der Waals surface area contributed by atoms with Crippen LogP contribution in [0.15, 0.2) is 47.7 Å². The van der Waals surface area contributed by atoms with Gasteiger partial charge in [-0.1, -0.05) is 12.1 Å². The highest BCUT2D eigenvalue weighted by molar-refractivity contribution is 6.16. The van der Waals surface area contributed by atoms with Gasteiger partial charge < -0.3 is 19.5 Å². The van der Waals surface area contributed by atoms with E-state index in [9.17, 15) is 14.7 Å². The Kier molecular flexibility index (Phi) is 5.08. The van der Waals surface area contributed by atoms with Gasteiger partial charge in [-0.3, -0.25) is 4.79 Å². The Morgan fingerprint density at radius 1 is 1.38 bits per heavy atom. The van der Waals surface area contributed by atoms with E-state index in [0.29, 0.717) is 17.8 Å². The molecule has 0 saturated heterocycles. The van der Waals surface area contributed by atoms with Gasteiger partial charge in [0.2, 0.25) is 0 Å². The molecule has 0 saturated carbocycles. The van der Waals surface area contributed by atoms with Crippen LogP contribution in [0, 0.1) is 0 Å². The van der Waals surface area contributed by atoms with Crippen molar-refractivity contribution in [3.63, 3.8) is 0 Å². The highest BCUT2D eigenvalue weighted by Crippen LogP contribution is 2.33. The average molecular weight is 329 g/mol. The van der Waals surface area contributed by atoms with Gasteiger partial charge in [-0.25, -0.2) is 4.79 Å². The maximum absolute atomic E-state index is 12.6. The Morgan fingerprint density at radius 3 is 2.67 bits per heavy atom. The summed E-state index contributed by atoms with van der Waals surface area (Å²) in [6.07, 6.45) is 3.16. The number of ether oxygens (including phenoxy) is 2. The monoisotopic (exact) mass is 329 g/mol. The van der Waals surface area contributed by atoms with E-state index in [2.05, 4.69) is 6.58 Å². The van der Waals surface area contributed by atoms with Crippen LogP contribution in [0.4, 0.5) is 0 Å². The largest absolute Gasteiger partial charge is 0.504 e. The third-order valence-corrected chi connectivity index (χ3v) is 3.73. The van der Waals surface area contributed by atoms with Gasteiger partial charge in [-0.05, 0) is 30.7 Å². The predicted molar refractivity (Wildman–Crippen MR) is 89.3 cm³/mol. The number of hydrogen-bond acceptors (Lipinski definition) is 5. The van der Waals surface area contributed by atoms with Crippen molar-refractivity contribution in [2.45, 2.75) is 6.92 Å². The molecule has 1 aliphatic rings. The van der Waals surface area contributed by atoms with E-state index in [1.54, 1.807) is 31.2 Å². The number of phenols is 1. The number of nitrogens with zero attached hydrogens (tertiary/aromatic N) is 1. The van der Waals surface area contributed by atoms with Crippen molar-refractivity contribution < 1.29 is 24.2 Å². The van der Waals surface area contributed by atoms with E-state index in [-0.39, 0.29) is 28.6 Å². The molecule has 24 heavy (non-hydrogen) atoms. The summed E-state index contributed by atoms with van der Waals surface area (Å²) < 4.78 is 9.87. The normalized spacial score (nSPS) is 15.9. The number of phenolic OH excluding ortho intramolecular Hbond substituents is 1. The Labute approximate surface area is 140 Å². The lowest BCUT2D eigenvalue weighted by molar-refractivity contribution is -0.136. The Balaban J connectivity index is 2.55. The lowest BCUT2D eigenvalue weighted by Gasteiger charge is -2.14. The number of rotatable bonds is 5. The van der Waals surface area contributed by atoms with Crippen molar-refractivity contribution >= 4 is 18.0 Å². The van der Waals surface area contributed by atoms with Crippen LogP contribution in [0.2, 0.25) is 0 Å². The van der Waals surface area contributed by atoms with Gasteiger partial charge >= 0.3 is 5.97 Å². The summed E-state index contributed by atoms with van der Waals surface area (Å²) >= 11 is 0. The minimum Gasteiger partial charge on any atom is -0.504 e. The minimum atomic E-state index is -0.579. The second-order valence-electron chi connectivity index (χ2n) is 5.15. The van der Waals surface area contributed by atoms with Gasteiger partial charge in [-0.2, -0.15) is 0 Å². The lowest BCUT2D eigenvalue weighted by Crippen LogP contribution is -2.24. The molecule has 1 aliphatic heterocycles. The van der Waals surface area contributed by atoms with Gasteiger partial charge in [-0.15, -0.1) is 6.58 Å². The van der Waals surface area contributed by atoms with Crippen LogP contribution in [0.25, 0.3) is 6.08 Å². The quantitative estimate of drug-likeness (QED) is 0.509. The van der Waals surface area contributed by atoms with E-state index in [1.165, 1.54) is 25.2 Å². The molecule has 126 valence electrons. The molecule has 2 rings (SSSR count). The van der Waals surface area contributed by atoms with Crippen LogP contribution in [-0.4, -0.2) is 42.6 Å². The summed E-state index contributed by atoms with van der Waals surface area (Å²) in [5.74, 6) is -0.618. The number of amides is 1. The Hall–Kier alpha value is -3.02. The van der Waals surface area contributed by atoms with Crippen LogP contribution >= 0.6 is 0 Å². The molecule has 0 aliphatic carbocycles. The van der Waals surface area contributed by atoms with Crippen molar-refractivity contribution in [2.75, 3.05) is 20.8 Å². The van der Waals surface area contributed by atoms with Gasteiger partial charge in [0.15, 0.2) is 11.5 Å². The minimum absolute atomic E-state index is 0.00871. The van der Waals surface area contributed by atoms with Crippen LogP contribution in [0.1, 0.15) is 12.5 Å². The van der Waals surface area contributed by atoms with Gasteiger partial charge in [0, 0.05) is 12.2 Å². The summed E-state index contributed by atoms with van der Waals surface area (Å²) in [4.78, 5) is 26.2. The number of allylic oxidation sites excluding steroid dienone is 1. The third kappa shape index (κ3) is 3.03. The maximum Gasteiger partial charge on any atom is 0.340 e. The zero-order valence-electron chi connectivity index (χ0n) is 13.8. The lowest BCUT2D eigenvalue weighted by atomic mass is 10.0. The summed E-state index contributed by atoms with van der Waals surface area (Å²) in [6.45, 7) is 5.61. The molecule has 1 aromatic rings. The zero-order chi connectivity index (χ0) is 17.9. The fourth-order valence-corrected chi connectivity index (χ4v) is 2.53. The van der Waals surface area contributed by atoms with E-state index in [1.807, 2.05) is 0 Å². The maximum atomic E-state index is 12.6. The molecule has 0 fully saturated rings. The zero-order valence-corrected chi connectivity index (χ0v) is 13.8. The summed E-state index contributed by atoms with van der Waals surface area (Å²) in [5.41, 5.74) is 1.58. The van der Waals surface area contributed by atoms with Crippen molar-refractivity contribution in [1.29, 1.82) is 0 Å². The topological polar surface area (TPSA) is 76.1 Å². The number of esters is 1. The smallest absolute Gasteiger partial charge is 0.340 e. The first-order chi connectivity index (χ1) is 11.4. The molecule has 0 unspecified atom stereocenters. The van der Waals surface area contributed by atoms with E-state index in [4.69, 9.17) is 9.47 Å². The van der Waals surface area contributed by atoms with Crippen molar-refractivity contribution in [2.24, 2.45) is 0 Å². The number of methoxy groups -OCH3 is 2. The number of aromatic hydroxyl groups is 1. The number of carbonyl (C=O) groups excluding carboxylic acids is 2. The van der Waals surface area contributed by atoms with E-state index >= 15 is 0 Å². The molecule has 1 heterocycles. The summed E-state index contributed by atoms with van der Waals surface area (Å²) in [7, 11) is 2.70. The second-order valence-corrected chi connectivity index (χ2v) is 5.15. The number of carbonyl (C=O) groups is 2. The molecule has 1 amide bonds. The standard InChI is InChI=1S/C18H19NO5/c1-5-8-19-11(2)16(18(22)24-4)13(17(19)21)9-12-6-7-14(20)15(10-12)23-3/h5-7,9-10,20H,1,8H2,2-4H3. The molecule has 0 spiro atoms. The molecular formula is C18H19NO5. The second kappa shape index (κ2) is 7.04. The van der Waals surface area contributed by atoms with Crippen LogP contribution < -0.4 is 4.74 Å². The van der Waals surface area contributed by atoms with Gasteiger partial charge in [0.1, 0.15) is 0 Å². The molecule has 1 N–H and O–H groups in total. The molecule has 6 heteroatoms. The molecule has 1 aromatic carbocycles. The predicted octanol–water partition coefficient (Wildman–Crippen LogP) is 2.26. The highest BCUT2D eigenvalue weighted by atomic mass is 16.5. The fourth-order valence-electron chi connectivity index (χ4n) is 2.53. The summed E-state index contributed by atoms with van der Waals surface area (Å²) in [6, 6.07) is 4.66. The first-order valence-electron chi connectivity index (χ1n) is 7.25. The van der Waals surface area contributed by atoms with Crippen LogP contribution in [0.5, 0.6) is 11.5 Å². The first-order valence-corrected chi connectivity index (χ1v) is 7.25. The van der Waals surface area contributed by atoms with Crippen LogP contribution in [0.3, 0.4) is 0 Å². The number of benzene rings is 1. The summed E-state index contributed by atoms with van der Waals surface area (Å²) in [5, 5.41) is 9.66. The van der Waals surface area contributed by atoms with Gasteiger partial charge in [0.05, 0.1) is 25.4 Å². The average Bonchev–Trinajstić information content (AvgIpc) is 2.80. The highest BCUT2D eigenvalue weighted by Gasteiger charge is 2.36. The molecule has 0 bridgehead atoms. The van der Waals surface area contributed by atoms with E-state index < -0.39 is 5.97 Å². The molecule has 0 aromatic heterocycles. The van der Waals surface area contributed by atoms with Crippen molar-refractivity contribution in [1.82, 2.24) is 4.90 Å². The molecule has 0 radical (unpaired) electrons. The molecule has 6 nitrogen and oxygen atoms in total. The number of hydrogen-bond donors (Lipinski definition) is 1. The molecular weight excluding hydrogens is 310 g/mol. The van der Waals surface area contributed by atoms with Crippen molar-refractivity contribution in [3.05, 3.63) is 53.3 Å². The van der Waals surface area contributed by atoms with Crippen LogP contribution in [-0.2, 0) is 14.3 Å². The van der Waals surface area contributed by atoms with Crippen molar-refractivity contribution in [3.8, 4) is 11.5 Å². The molecule has 0 atom stereocenters. The third-order valence-electron chi connectivity index (χ3n) is 3.73. The first kappa shape index (κ1) is 17.3. The fraction of sp³-hybridized carbons (Fsp3) is 0.222.